The van der Waals surface area contributed by atoms with Gasteiger partial charge in [-0.2, -0.15) is 0 Å². The summed E-state index contributed by atoms with van der Waals surface area (Å²) >= 11 is 5.86. The van der Waals surface area contributed by atoms with Crippen LogP contribution < -0.4 is 21.3 Å². The second kappa shape index (κ2) is 6.60. The topological polar surface area (TPSA) is 126 Å². The van der Waals surface area contributed by atoms with E-state index in [-0.39, 0.29) is 17.1 Å². The van der Waals surface area contributed by atoms with Gasteiger partial charge in [-0.3, -0.25) is 19.2 Å². The first-order valence-corrected chi connectivity index (χ1v) is 10.0. The first kappa shape index (κ1) is 19.7. The number of hydrogen-bond donors (Lipinski definition) is 3. The van der Waals surface area contributed by atoms with Gasteiger partial charge in [0.15, 0.2) is 0 Å². The number of carbonyl (C=O) groups is 4. The summed E-state index contributed by atoms with van der Waals surface area (Å²) in [5.74, 6) is -4.96. The molecule has 0 radical (unpaired) electrons. The van der Waals surface area contributed by atoms with E-state index in [1.807, 2.05) is 0 Å². The van der Waals surface area contributed by atoms with E-state index in [9.17, 15) is 23.6 Å². The minimum Gasteiger partial charge on any atom is -0.369 e. The average molecular weight is 444 g/mol. The molecule has 3 heterocycles. The number of fused-ring (bicyclic) bond motifs is 4. The van der Waals surface area contributed by atoms with Crippen LogP contribution in [0.15, 0.2) is 42.5 Å². The van der Waals surface area contributed by atoms with Crippen LogP contribution in [0.3, 0.4) is 0 Å². The molecule has 2 aromatic rings. The molecule has 158 valence electrons. The normalized spacial score (nSPS) is 28.8. The Kier molecular flexibility index (Phi) is 4.18. The number of nitrogens with zero attached hydrogens (tertiary/aromatic N) is 1. The molecule has 0 bridgehead atoms. The van der Waals surface area contributed by atoms with Crippen LogP contribution in [-0.2, 0) is 24.7 Å². The summed E-state index contributed by atoms with van der Waals surface area (Å²) in [6, 6.07) is 9.75. The SMILES string of the molecule is NC(=O)C[C@@H]1[NH2+][C@]2(C(=O)Nc3ccccc32)[C@@H]2C(=O)N(c3ccc(F)c(Cl)c3)C(=O)[C@H]12. The molecular weight excluding hydrogens is 427 g/mol. The predicted octanol–water partition coefficient (Wildman–Crippen LogP) is 0.253. The van der Waals surface area contributed by atoms with E-state index < -0.39 is 52.9 Å². The summed E-state index contributed by atoms with van der Waals surface area (Å²) in [5, 5.41) is 4.17. The first-order chi connectivity index (χ1) is 14.8. The summed E-state index contributed by atoms with van der Waals surface area (Å²) in [6.45, 7) is 0. The molecule has 10 heteroatoms. The minimum atomic E-state index is -1.41. The van der Waals surface area contributed by atoms with Gasteiger partial charge in [0.1, 0.15) is 23.7 Å². The zero-order chi connectivity index (χ0) is 22.1. The molecule has 2 aromatic carbocycles. The van der Waals surface area contributed by atoms with Crippen LogP contribution in [0.25, 0.3) is 0 Å². The maximum Gasteiger partial charge on any atom is 0.291 e. The highest BCUT2D eigenvalue weighted by Crippen LogP contribution is 2.50. The molecule has 0 aliphatic carbocycles. The monoisotopic (exact) mass is 443 g/mol. The quantitative estimate of drug-likeness (QED) is 0.588. The largest absolute Gasteiger partial charge is 0.369 e. The van der Waals surface area contributed by atoms with Crippen LogP contribution in [0.4, 0.5) is 15.8 Å². The number of halogens is 2. The number of rotatable bonds is 3. The van der Waals surface area contributed by atoms with Gasteiger partial charge in [-0.15, -0.1) is 0 Å². The number of benzene rings is 2. The summed E-state index contributed by atoms with van der Waals surface area (Å²) in [4.78, 5) is 52.9. The van der Waals surface area contributed by atoms with Crippen LogP contribution in [-0.4, -0.2) is 29.7 Å². The molecule has 0 unspecified atom stereocenters. The van der Waals surface area contributed by atoms with Gasteiger partial charge >= 0.3 is 0 Å². The lowest BCUT2D eigenvalue weighted by Crippen LogP contribution is -2.99. The highest BCUT2D eigenvalue weighted by atomic mass is 35.5. The summed E-state index contributed by atoms with van der Waals surface area (Å²) in [5.41, 5.74) is 5.22. The van der Waals surface area contributed by atoms with Crippen molar-refractivity contribution in [2.24, 2.45) is 17.6 Å². The third-order valence-electron chi connectivity index (χ3n) is 6.37. The van der Waals surface area contributed by atoms with E-state index in [4.69, 9.17) is 17.3 Å². The highest BCUT2D eigenvalue weighted by molar-refractivity contribution is 6.31. The maximum absolute atomic E-state index is 13.6. The molecule has 4 amide bonds. The molecule has 3 aliphatic rings. The van der Waals surface area contributed by atoms with Crippen molar-refractivity contribution in [1.82, 2.24) is 0 Å². The van der Waals surface area contributed by atoms with Gasteiger partial charge in [0.25, 0.3) is 5.91 Å². The van der Waals surface area contributed by atoms with Crippen molar-refractivity contribution in [3.63, 3.8) is 0 Å². The molecule has 0 saturated carbocycles. The minimum absolute atomic E-state index is 0.107. The molecule has 3 aliphatic heterocycles. The Morgan fingerprint density at radius 3 is 2.65 bits per heavy atom. The number of amides is 4. The second-order valence-electron chi connectivity index (χ2n) is 7.98. The Morgan fingerprint density at radius 1 is 1.19 bits per heavy atom. The number of anilines is 2. The van der Waals surface area contributed by atoms with Gasteiger partial charge in [0, 0.05) is 5.56 Å². The van der Waals surface area contributed by atoms with E-state index >= 15 is 0 Å². The van der Waals surface area contributed by atoms with Crippen molar-refractivity contribution in [2.75, 3.05) is 10.2 Å². The fourth-order valence-electron chi connectivity index (χ4n) is 5.22. The average Bonchev–Trinajstić information content (AvgIpc) is 3.29. The number of para-hydroxylation sites is 1. The van der Waals surface area contributed by atoms with Gasteiger partial charge in [-0.05, 0) is 24.3 Å². The molecule has 1 spiro atoms. The van der Waals surface area contributed by atoms with Crippen molar-refractivity contribution >= 4 is 46.6 Å². The van der Waals surface area contributed by atoms with Gasteiger partial charge < -0.3 is 16.4 Å². The number of nitrogens with two attached hydrogens (primary N) is 2. The molecule has 2 saturated heterocycles. The highest BCUT2D eigenvalue weighted by Gasteiger charge is 2.74. The van der Waals surface area contributed by atoms with E-state index in [2.05, 4.69) is 5.32 Å². The van der Waals surface area contributed by atoms with E-state index in [1.54, 1.807) is 29.6 Å². The summed E-state index contributed by atoms with van der Waals surface area (Å²) in [7, 11) is 0. The maximum atomic E-state index is 13.6. The van der Waals surface area contributed by atoms with Crippen LogP contribution in [0.2, 0.25) is 5.02 Å². The first-order valence-electron chi connectivity index (χ1n) is 9.64. The molecule has 5 rings (SSSR count). The van der Waals surface area contributed by atoms with Crippen LogP contribution in [0.1, 0.15) is 12.0 Å². The zero-order valence-corrected chi connectivity index (χ0v) is 16.7. The number of imide groups is 1. The Balaban J connectivity index is 1.67. The molecule has 8 nitrogen and oxygen atoms in total. The number of carbonyl (C=O) groups excluding carboxylic acids is 4. The third-order valence-corrected chi connectivity index (χ3v) is 6.66. The molecule has 4 atom stereocenters. The van der Waals surface area contributed by atoms with Crippen LogP contribution >= 0.6 is 11.6 Å². The zero-order valence-electron chi connectivity index (χ0n) is 16.0. The lowest BCUT2D eigenvalue weighted by molar-refractivity contribution is -0.732. The predicted molar refractivity (Wildman–Crippen MR) is 107 cm³/mol. The standard InChI is InChI=1S/C21H16ClFN4O4/c22-11-7-9(5-6-12(11)23)27-18(29)16-14(8-15(24)28)26-21(17(16)19(27)30)10-3-1-2-4-13(10)25-20(21)31/h1-7,14,16-17,26H,8H2,(H2,24,28)(H,25,31)/p+1/t14-,16+,17-,21-/m0/s1. The van der Waals surface area contributed by atoms with Gasteiger partial charge in [0.2, 0.25) is 23.3 Å². The summed E-state index contributed by atoms with van der Waals surface area (Å²) in [6.07, 6.45) is -0.185. The molecule has 31 heavy (non-hydrogen) atoms. The van der Waals surface area contributed by atoms with Gasteiger partial charge in [-0.1, -0.05) is 29.8 Å². The Hall–Kier alpha value is -3.30. The molecule has 5 N–H and O–H groups in total. The van der Waals surface area contributed by atoms with Crippen molar-refractivity contribution in [3.05, 3.63) is 58.9 Å². The van der Waals surface area contributed by atoms with Gasteiger partial charge in [0.05, 0.1) is 22.8 Å². The fraction of sp³-hybridized carbons (Fsp3) is 0.238. The Bertz CT molecular complexity index is 1190. The number of hydrogen-bond acceptors (Lipinski definition) is 4. The van der Waals surface area contributed by atoms with E-state index in [0.29, 0.717) is 11.3 Å². The number of nitrogens with one attached hydrogen (secondary N) is 1. The van der Waals surface area contributed by atoms with E-state index in [0.717, 1.165) is 11.0 Å². The van der Waals surface area contributed by atoms with Crippen molar-refractivity contribution in [3.8, 4) is 0 Å². The third kappa shape index (κ3) is 2.56. The van der Waals surface area contributed by atoms with Crippen LogP contribution in [0.5, 0.6) is 0 Å². The lowest BCUT2D eigenvalue weighted by atomic mass is 9.76. The van der Waals surface area contributed by atoms with Crippen LogP contribution in [0, 0.1) is 17.7 Å². The number of primary amides is 1. The molecule has 2 fully saturated rings. The summed E-state index contributed by atoms with van der Waals surface area (Å²) < 4.78 is 13.6. The molecular formula is C21H17ClFN4O4+. The lowest BCUT2D eigenvalue weighted by Gasteiger charge is -2.26. The number of quaternary nitrogens is 1. The Labute approximate surface area is 180 Å². The van der Waals surface area contributed by atoms with E-state index in [1.165, 1.54) is 12.1 Å². The van der Waals surface area contributed by atoms with Crippen molar-refractivity contribution in [1.29, 1.82) is 0 Å². The van der Waals surface area contributed by atoms with Crippen molar-refractivity contribution in [2.45, 2.75) is 18.0 Å². The Morgan fingerprint density at radius 2 is 1.94 bits per heavy atom. The second-order valence-corrected chi connectivity index (χ2v) is 8.39. The fourth-order valence-corrected chi connectivity index (χ4v) is 5.39. The van der Waals surface area contributed by atoms with Crippen molar-refractivity contribution < 1.29 is 28.9 Å². The smallest absolute Gasteiger partial charge is 0.291 e. The molecule has 0 aromatic heterocycles. The van der Waals surface area contributed by atoms with Gasteiger partial charge in [-0.25, -0.2) is 9.29 Å².